The largest absolute Gasteiger partial charge is 0.369 e. The van der Waals surface area contributed by atoms with Crippen LogP contribution >= 0.6 is 0 Å². The zero-order valence-corrected chi connectivity index (χ0v) is 11.2. The molecule has 0 spiro atoms. The molecule has 0 amide bonds. The van der Waals surface area contributed by atoms with Gasteiger partial charge in [0.05, 0.1) is 23.7 Å². The summed E-state index contributed by atoms with van der Waals surface area (Å²) in [5.74, 6) is -0.651. The fourth-order valence-corrected chi connectivity index (χ4v) is 2.75. The summed E-state index contributed by atoms with van der Waals surface area (Å²) in [6.45, 7) is 8.50. The summed E-state index contributed by atoms with van der Waals surface area (Å²) in [5.41, 5.74) is -1.15. The van der Waals surface area contributed by atoms with Crippen molar-refractivity contribution in [1.29, 1.82) is 0 Å². The molecule has 0 aromatic carbocycles. The van der Waals surface area contributed by atoms with E-state index in [9.17, 15) is 9.18 Å². The third-order valence-electron chi connectivity index (χ3n) is 3.54. The average molecular weight is 254 g/mol. The molecule has 1 fully saturated rings. The molecule has 0 aliphatic carbocycles. The predicted octanol–water partition coefficient (Wildman–Crippen LogP) is 1.98. The van der Waals surface area contributed by atoms with Crippen LogP contribution in [0, 0.1) is 11.7 Å². The van der Waals surface area contributed by atoms with E-state index in [4.69, 9.17) is 4.74 Å². The van der Waals surface area contributed by atoms with E-state index in [0.29, 0.717) is 6.54 Å². The monoisotopic (exact) mass is 254 g/mol. The zero-order chi connectivity index (χ0) is 13.6. The van der Waals surface area contributed by atoms with Gasteiger partial charge in [-0.05, 0) is 34.1 Å². The first-order chi connectivity index (χ1) is 8.21. The normalized spacial score (nSPS) is 25.3. The molecule has 4 nitrogen and oxygen atoms in total. The molecule has 1 aliphatic rings. The topological polar surface area (TPSA) is 44.1 Å². The van der Waals surface area contributed by atoms with Gasteiger partial charge in [-0.1, -0.05) is 0 Å². The van der Waals surface area contributed by atoms with Crippen LogP contribution in [0.1, 0.15) is 34.1 Å². The Morgan fingerprint density at radius 1 is 1.50 bits per heavy atom. The molecule has 1 aliphatic heterocycles. The summed E-state index contributed by atoms with van der Waals surface area (Å²) >= 11 is 0. The van der Waals surface area contributed by atoms with Crippen LogP contribution in [0.25, 0.3) is 0 Å². The summed E-state index contributed by atoms with van der Waals surface area (Å²) in [5, 5.41) is 0. The van der Waals surface area contributed by atoms with Gasteiger partial charge < -0.3 is 4.74 Å². The van der Waals surface area contributed by atoms with Gasteiger partial charge in [0.2, 0.25) is 5.82 Å². The number of nitrogens with zero attached hydrogens (tertiary/aromatic N) is 2. The van der Waals surface area contributed by atoms with E-state index in [1.165, 1.54) is 10.9 Å². The van der Waals surface area contributed by atoms with Crippen LogP contribution in [0.4, 0.5) is 4.39 Å². The number of hydrogen-bond donors (Lipinski definition) is 0. The molecule has 1 aromatic heterocycles. The Bertz CT molecular complexity index is 508. The Balaban J connectivity index is 2.25. The van der Waals surface area contributed by atoms with Gasteiger partial charge in [-0.25, -0.2) is 4.98 Å². The molecule has 5 heteroatoms. The van der Waals surface area contributed by atoms with Crippen LogP contribution < -0.4 is 5.56 Å². The number of halogens is 1. The van der Waals surface area contributed by atoms with Crippen molar-refractivity contribution in [3.63, 3.8) is 0 Å². The van der Waals surface area contributed by atoms with E-state index in [1.54, 1.807) is 0 Å². The molecule has 1 aromatic rings. The summed E-state index contributed by atoms with van der Waals surface area (Å²) in [6, 6.07) is 0. The minimum absolute atomic E-state index is 0.161. The Kier molecular flexibility index (Phi) is 3.05. The summed E-state index contributed by atoms with van der Waals surface area (Å²) in [6.07, 6.45) is 3.16. The molecule has 0 bridgehead atoms. The standard InChI is InChI=1S/C13H19FN2O2/c1-12(2)5-9(13(3,4)18-12)7-16-8-15-6-10(14)11(16)17/h6,8-9H,5,7H2,1-4H3. The highest BCUT2D eigenvalue weighted by molar-refractivity contribution is 4.96. The molecule has 1 unspecified atom stereocenters. The molecule has 18 heavy (non-hydrogen) atoms. The molecule has 0 N–H and O–H groups in total. The third-order valence-corrected chi connectivity index (χ3v) is 3.54. The van der Waals surface area contributed by atoms with Crippen molar-refractivity contribution < 1.29 is 9.13 Å². The van der Waals surface area contributed by atoms with Crippen molar-refractivity contribution >= 4 is 0 Å². The SMILES string of the molecule is CC1(C)CC(Cn2cncc(F)c2=O)C(C)(C)O1. The zero-order valence-electron chi connectivity index (χ0n) is 11.2. The Hall–Kier alpha value is -1.23. The number of hydrogen-bond acceptors (Lipinski definition) is 3. The van der Waals surface area contributed by atoms with Crippen LogP contribution in [-0.2, 0) is 11.3 Å². The number of rotatable bonds is 2. The van der Waals surface area contributed by atoms with Gasteiger partial charge in [-0.3, -0.25) is 9.36 Å². The van der Waals surface area contributed by atoms with E-state index in [-0.39, 0.29) is 17.1 Å². The highest BCUT2D eigenvalue weighted by atomic mass is 19.1. The lowest BCUT2D eigenvalue weighted by Crippen LogP contribution is -2.34. The Morgan fingerprint density at radius 2 is 2.17 bits per heavy atom. The van der Waals surface area contributed by atoms with Crippen LogP contribution in [0.15, 0.2) is 17.3 Å². The summed E-state index contributed by atoms with van der Waals surface area (Å²) in [7, 11) is 0. The quantitative estimate of drug-likeness (QED) is 0.810. The van der Waals surface area contributed by atoms with Crippen molar-refractivity contribution in [3.8, 4) is 0 Å². The number of ether oxygens (including phenoxy) is 1. The fourth-order valence-electron chi connectivity index (χ4n) is 2.75. The molecule has 0 saturated carbocycles. The van der Waals surface area contributed by atoms with Gasteiger partial charge in [-0.15, -0.1) is 0 Å². The summed E-state index contributed by atoms with van der Waals surface area (Å²) in [4.78, 5) is 15.4. The maximum absolute atomic E-state index is 13.2. The second-order valence-electron chi connectivity index (χ2n) is 6.07. The molecule has 100 valence electrons. The lowest BCUT2D eigenvalue weighted by molar-refractivity contribution is -0.0759. The maximum atomic E-state index is 13.2. The lowest BCUT2D eigenvalue weighted by atomic mass is 9.87. The van der Waals surface area contributed by atoms with Crippen LogP contribution in [-0.4, -0.2) is 20.8 Å². The van der Waals surface area contributed by atoms with Gasteiger partial charge in [0.15, 0.2) is 0 Å². The fraction of sp³-hybridized carbons (Fsp3) is 0.692. The smallest absolute Gasteiger partial charge is 0.289 e. The van der Waals surface area contributed by atoms with E-state index in [0.717, 1.165) is 12.6 Å². The highest BCUT2D eigenvalue weighted by Gasteiger charge is 2.45. The van der Waals surface area contributed by atoms with Crippen LogP contribution in [0.3, 0.4) is 0 Å². The highest BCUT2D eigenvalue weighted by Crippen LogP contribution is 2.42. The molecule has 0 radical (unpaired) electrons. The van der Waals surface area contributed by atoms with Crippen molar-refractivity contribution in [2.45, 2.75) is 51.9 Å². The van der Waals surface area contributed by atoms with Crippen LogP contribution in [0.2, 0.25) is 0 Å². The Morgan fingerprint density at radius 3 is 2.72 bits per heavy atom. The van der Waals surface area contributed by atoms with E-state index >= 15 is 0 Å². The second-order valence-corrected chi connectivity index (χ2v) is 6.07. The van der Waals surface area contributed by atoms with Crippen molar-refractivity contribution in [3.05, 3.63) is 28.7 Å². The van der Waals surface area contributed by atoms with E-state index in [1.807, 2.05) is 27.7 Å². The minimum Gasteiger partial charge on any atom is -0.369 e. The van der Waals surface area contributed by atoms with Crippen molar-refractivity contribution in [1.82, 2.24) is 9.55 Å². The first-order valence-electron chi connectivity index (χ1n) is 6.11. The average Bonchev–Trinajstić information content (AvgIpc) is 2.42. The van der Waals surface area contributed by atoms with Gasteiger partial charge in [-0.2, -0.15) is 4.39 Å². The Labute approximate surface area is 106 Å². The summed E-state index contributed by atoms with van der Waals surface area (Å²) < 4.78 is 20.5. The van der Waals surface area contributed by atoms with Gasteiger partial charge >= 0.3 is 0 Å². The first-order valence-corrected chi connectivity index (χ1v) is 6.11. The second kappa shape index (κ2) is 4.16. The molecule has 2 heterocycles. The molecular weight excluding hydrogens is 235 g/mol. The van der Waals surface area contributed by atoms with E-state index in [2.05, 4.69) is 4.98 Å². The van der Waals surface area contributed by atoms with Gasteiger partial charge in [0.25, 0.3) is 5.56 Å². The van der Waals surface area contributed by atoms with Gasteiger partial charge in [0.1, 0.15) is 0 Å². The lowest BCUT2D eigenvalue weighted by Gasteiger charge is -2.27. The third kappa shape index (κ3) is 2.46. The molecule has 1 saturated heterocycles. The first kappa shape index (κ1) is 13.2. The molecule has 1 atom stereocenters. The molecule has 2 rings (SSSR count). The minimum atomic E-state index is -0.812. The van der Waals surface area contributed by atoms with Crippen molar-refractivity contribution in [2.24, 2.45) is 5.92 Å². The van der Waals surface area contributed by atoms with E-state index < -0.39 is 11.4 Å². The predicted molar refractivity (Wildman–Crippen MR) is 65.8 cm³/mol. The molecular formula is C13H19FN2O2. The van der Waals surface area contributed by atoms with Crippen LogP contribution in [0.5, 0.6) is 0 Å². The number of aromatic nitrogens is 2. The van der Waals surface area contributed by atoms with Crippen molar-refractivity contribution in [2.75, 3.05) is 0 Å². The van der Waals surface area contributed by atoms with Gasteiger partial charge in [0, 0.05) is 12.5 Å². The maximum Gasteiger partial charge on any atom is 0.289 e.